The van der Waals surface area contributed by atoms with Gasteiger partial charge >= 0.3 is 49.6 Å². The van der Waals surface area contributed by atoms with E-state index in [4.69, 9.17) is 5.73 Å². The third kappa shape index (κ3) is 4.56. The van der Waals surface area contributed by atoms with Crippen molar-refractivity contribution in [2.75, 3.05) is 6.16 Å². The fraction of sp³-hybridized carbons (Fsp3) is 0.500. The SMILES string of the molecule is NC(=O)CP=[Te]. The van der Waals surface area contributed by atoms with Crippen LogP contribution in [0.2, 0.25) is 0 Å². The molecule has 0 atom stereocenters. The van der Waals surface area contributed by atoms with Crippen LogP contribution in [0.15, 0.2) is 0 Å². The summed E-state index contributed by atoms with van der Waals surface area (Å²) in [6, 6.07) is 0. The summed E-state index contributed by atoms with van der Waals surface area (Å²) in [5.41, 5.74) is 4.76. The van der Waals surface area contributed by atoms with E-state index in [-0.39, 0.29) is 5.91 Å². The van der Waals surface area contributed by atoms with E-state index in [1.165, 1.54) is 0 Å². The zero-order chi connectivity index (χ0) is 4.99. The Morgan fingerprint density at radius 1 is 2.00 bits per heavy atom. The van der Waals surface area contributed by atoms with Crippen LogP contribution in [0.4, 0.5) is 0 Å². The van der Waals surface area contributed by atoms with Gasteiger partial charge in [-0.25, -0.2) is 0 Å². The summed E-state index contributed by atoms with van der Waals surface area (Å²) < 4.78 is 0. The summed E-state index contributed by atoms with van der Waals surface area (Å²) in [5, 5.41) is 0. The molecule has 2 nitrogen and oxygen atoms in total. The third-order valence-electron chi connectivity index (χ3n) is 0.220. The van der Waals surface area contributed by atoms with Crippen molar-refractivity contribution >= 4 is 32.9 Å². The van der Waals surface area contributed by atoms with E-state index < -0.39 is 0 Å². The van der Waals surface area contributed by atoms with Gasteiger partial charge in [0.25, 0.3) is 0 Å². The fourth-order valence-electron chi connectivity index (χ4n) is 0.0636. The van der Waals surface area contributed by atoms with Gasteiger partial charge in [-0.3, -0.25) is 0 Å². The van der Waals surface area contributed by atoms with Crippen molar-refractivity contribution in [2.24, 2.45) is 5.73 Å². The second-order valence-electron chi connectivity index (χ2n) is 0.754. The summed E-state index contributed by atoms with van der Waals surface area (Å²) in [6.07, 6.45) is 0.491. The van der Waals surface area contributed by atoms with Crippen LogP contribution < -0.4 is 5.73 Å². The second kappa shape index (κ2) is 3.74. The maximum atomic E-state index is 9.82. The van der Waals surface area contributed by atoms with Crippen LogP contribution in [0, 0.1) is 0 Å². The second-order valence-corrected chi connectivity index (χ2v) is 3.54. The zero-order valence-electron chi connectivity index (χ0n) is 3.05. The molecule has 0 saturated heterocycles. The van der Waals surface area contributed by atoms with Crippen LogP contribution in [0.1, 0.15) is 0 Å². The molecule has 0 aliphatic rings. The molecule has 0 aromatic rings. The van der Waals surface area contributed by atoms with Gasteiger partial charge in [0, 0.05) is 0 Å². The van der Waals surface area contributed by atoms with Crippen molar-refractivity contribution < 1.29 is 4.79 Å². The van der Waals surface area contributed by atoms with Crippen molar-refractivity contribution in [3.63, 3.8) is 0 Å². The monoisotopic (exact) mass is 219 g/mol. The van der Waals surface area contributed by atoms with Crippen molar-refractivity contribution in [2.45, 2.75) is 0 Å². The first-order chi connectivity index (χ1) is 2.77. The van der Waals surface area contributed by atoms with Gasteiger partial charge in [0.1, 0.15) is 0 Å². The minimum atomic E-state index is -0.220. The molecule has 0 fully saturated rings. The predicted octanol–water partition coefficient (Wildman–Crippen LogP) is -0.499. The molecule has 0 spiro atoms. The summed E-state index contributed by atoms with van der Waals surface area (Å²) in [7, 11) is 0. The van der Waals surface area contributed by atoms with Gasteiger partial charge in [-0.15, -0.1) is 0 Å². The molecule has 0 aliphatic heterocycles. The molecule has 4 heteroatoms. The van der Waals surface area contributed by atoms with Gasteiger partial charge in [0.15, 0.2) is 0 Å². The van der Waals surface area contributed by atoms with Gasteiger partial charge in [-0.05, 0) is 0 Å². The number of carbonyl (C=O) groups excluding carboxylic acids is 1. The topological polar surface area (TPSA) is 43.1 Å². The molecule has 6 heavy (non-hydrogen) atoms. The molecule has 0 aliphatic carbocycles. The van der Waals surface area contributed by atoms with E-state index >= 15 is 0 Å². The van der Waals surface area contributed by atoms with Gasteiger partial charge in [0.05, 0.1) is 0 Å². The first-order valence-corrected chi connectivity index (χ1v) is 5.47. The van der Waals surface area contributed by atoms with Crippen molar-refractivity contribution in [3.05, 3.63) is 0 Å². The molecule has 0 unspecified atom stereocenters. The van der Waals surface area contributed by atoms with Crippen molar-refractivity contribution in [1.82, 2.24) is 0 Å². The number of amides is 1. The molecular formula is C2H4NOPTe. The van der Waals surface area contributed by atoms with E-state index in [2.05, 4.69) is 0 Å². The molecule has 2 N–H and O–H groups in total. The normalized spacial score (nSPS) is 8.67. The molecule has 1 amide bonds. The Morgan fingerprint density at radius 2 is 2.50 bits per heavy atom. The Balaban J connectivity index is 3.05. The van der Waals surface area contributed by atoms with E-state index in [1.54, 1.807) is 0 Å². The van der Waals surface area contributed by atoms with E-state index in [0.717, 1.165) is 5.81 Å². The third-order valence-corrected chi connectivity index (χ3v) is 1.77. The number of primary amides is 1. The Kier molecular flexibility index (Phi) is 4.09. The Hall–Kier alpha value is 0.560. The Bertz CT molecular complexity index is 73.9. The van der Waals surface area contributed by atoms with Gasteiger partial charge in [-0.1, -0.05) is 0 Å². The van der Waals surface area contributed by atoms with Crippen LogP contribution >= 0.6 is 5.81 Å². The first kappa shape index (κ1) is 6.56. The summed E-state index contributed by atoms with van der Waals surface area (Å²) in [5.74, 6) is 0.839. The standard InChI is InChI=1S/C2H4NOPTe/c3-2(4)1-5-6/h1H2,(H2,3,4). The van der Waals surface area contributed by atoms with Crippen LogP contribution in [0.25, 0.3) is 0 Å². The molecule has 0 rings (SSSR count). The Labute approximate surface area is 49.9 Å². The number of rotatable bonds is 2. The zero-order valence-corrected chi connectivity index (χ0v) is 6.27. The molecule has 0 radical (unpaired) electrons. The fourth-order valence-corrected chi connectivity index (χ4v) is 1.28. The number of hydrogen-bond acceptors (Lipinski definition) is 1. The summed E-state index contributed by atoms with van der Waals surface area (Å²) in [6.45, 7) is 0. The Morgan fingerprint density at radius 3 is 2.50 bits per heavy atom. The van der Waals surface area contributed by atoms with Gasteiger partial charge in [-0.2, -0.15) is 0 Å². The molecule has 34 valence electrons. The molecule has 0 aromatic carbocycles. The average Bonchev–Trinajstić information content (AvgIpc) is 1.35. The maximum absolute atomic E-state index is 9.82. The van der Waals surface area contributed by atoms with Crippen LogP contribution in [0.3, 0.4) is 0 Å². The van der Waals surface area contributed by atoms with Crippen molar-refractivity contribution in [1.29, 1.82) is 0 Å². The molecule has 0 heterocycles. The summed E-state index contributed by atoms with van der Waals surface area (Å²) in [4.78, 5) is 9.82. The molecule has 0 bridgehead atoms. The predicted molar refractivity (Wildman–Crippen MR) is 26.7 cm³/mol. The van der Waals surface area contributed by atoms with E-state index in [9.17, 15) is 4.79 Å². The number of hydrogen-bond donors (Lipinski definition) is 1. The first-order valence-electron chi connectivity index (χ1n) is 1.35. The number of carbonyl (C=O) groups is 1. The average molecular weight is 217 g/mol. The van der Waals surface area contributed by atoms with Crippen LogP contribution in [-0.2, 0) is 4.79 Å². The number of nitrogens with two attached hydrogens (primary N) is 1. The van der Waals surface area contributed by atoms with Gasteiger partial charge in [0.2, 0.25) is 0 Å². The quantitative estimate of drug-likeness (QED) is 0.491. The minimum absolute atomic E-state index is 0.220. The van der Waals surface area contributed by atoms with Crippen molar-refractivity contribution in [3.8, 4) is 0 Å². The van der Waals surface area contributed by atoms with E-state index in [1.807, 2.05) is 21.2 Å². The van der Waals surface area contributed by atoms with Crippen LogP contribution in [0.5, 0.6) is 0 Å². The summed E-state index contributed by atoms with van der Waals surface area (Å²) >= 11 is 1.83. The molecule has 0 aromatic heterocycles. The van der Waals surface area contributed by atoms with Gasteiger partial charge < -0.3 is 0 Å². The van der Waals surface area contributed by atoms with Crippen LogP contribution in [-0.4, -0.2) is 33.3 Å². The molecular weight excluding hydrogens is 213 g/mol. The molecule has 0 saturated carbocycles. The van der Waals surface area contributed by atoms with E-state index in [0.29, 0.717) is 6.16 Å².